The summed E-state index contributed by atoms with van der Waals surface area (Å²) in [7, 11) is 2.20. The van der Waals surface area contributed by atoms with Gasteiger partial charge in [-0.25, -0.2) is 9.97 Å². The first-order valence-corrected chi connectivity index (χ1v) is 14.3. The molecule has 0 radical (unpaired) electrons. The lowest BCUT2D eigenvalue weighted by molar-refractivity contribution is 0.385. The van der Waals surface area contributed by atoms with Gasteiger partial charge < -0.3 is 9.80 Å². The van der Waals surface area contributed by atoms with Crippen LogP contribution in [0.25, 0.3) is 5.57 Å². The maximum atomic E-state index is 4.96. The van der Waals surface area contributed by atoms with Gasteiger partial charge in [0.15, 0.2) is 11.6 Å². The Balaban J connectivity index is 1.53. The normalized spacial score (nSPS) is 21.4. The molecule has 2 unspecified atom stereocenters. The second kappa shape index (κ2) is 8.46. The van der Waals surface area contributed by atoms with Crippen LogP contribution < -0.4 is 14.7 Å². The fourth-order valence-electron chi connectivity index (χ4n) is 7.70. The first-order valence-electron chi connectivity index (χ1n) is 14.3. The number of hydrogen-bond acceptors (Lipinski definition) is 6. The highest BCUT2D eigenvalue weighted by molar-refractivity contribution is 5.99. The lowest BCUT2D eigenvalue weighted by Gasteiger charge is -2.47. The van der Waals surface area contributed by atoms with Crippen LogP contribution in [0.1, 0.15) is 37.8 Å². The Bertz CT molecular complexity index is 1670. The van der Waals surface area contributed by atoms with Crippen LogP contribution in [0.5, 0.6) is 0 Å². The van der Waals surface area contributed by atoms with Crippen molar-refractivity contribution in [3.63, 3.8) is 0 Å². The number of allylic oxidation sites excluding steroid dienone is 1. The molecule has 0 saturated carbocycles. The van der Waals surface area contributed by atoms with Crippen molar-refractivity contribution in [1.29, 1.82) is 0 Å². The van der Waals surface area contributed by atoms with Crippen LogP contribution in [0.15, 0.2) is 109 Å². The number of fused-ring (bicyclic) bond motifs is 11. The zero-order valence-electron chi connectivity index (χ0n) is 23.1. The van der Waals surface area contributed by atoms with Crippen molar-refractivity contribution >= 4 is 34.3 Å². The summed E-state index contributed by atoms with van der Waals surface area (Å²) in [4.78, 5) is 19.6. The van der Waals surface area contributed by atoms with Crippen molar-refractivity contribution in [3.05, 3.63) is 120 Å². The third kappa shape index (κ3) is 2.83. The van der Waals surface area contributed by atoms with Crippen LogP contribution in [0.3, 0.4) is 0 Å². The zero-order chi connectivity index (χ0) is 27.0. The Morgan fingerprint density at radius 2 is 1.35 bits per heavy atom. The summed E-state index contributed by atoms with van der Waals surface area (Å²) in [5, 5.41) is 0. The van der Waals surface area contributed by atoms with Crippen LogP contribution >= 0.6 is 0 Å². The standard InChI is InChI=1S/C34H32N6/c1-4-34(5-2)25-16-10-12-18-27(25)38-22-21-37(3)32(38)28-29(34)24-15-9-11-17-26(24)40-31-30(35-19-20-36-31)39(33(28)40)23-13-7-6-8-14-23/h6-22,32-33H,4-5H2,1-3H3. The number of rotatable bonds is 3. The van der Waals surface area contributed by atoms with Gasteiger partial charge in [0.05, 0.1) is 5.69 Å². The highest BCUT2D eigenvalue weighted by Crippen LogP contribution is 2.61. The molecule has 2 atom stereocenters. The number of aromatic nitrogens is 2. The smallest absolute Gasteiger partial charge is 0.178 e. The Hall–Kier alpha value is -4.58. The van der Waals surface area contributed by atoms with Crippen molar-refractivity contribution < 1.29 is 0 Å². The van der Waals surface area contributed by atoms with E-state index in [1.165, 1.54) is 33.6 Å². The summed E-state index contributed by atoms with van der Waals surface area (Å²) in [5.41, 5.74) is 8.95. The largest absolute Gasteiger partial charge is 0.355 e. The van der Waals surface area contributed by atoms with E-state index < -0.39 is 0 Å². The molecule has 198 valence electrons. The van der Waals surface area contributed by atoms with Crippen LogP contribution in [0.2, 0.25) is 0 Å². The lowest BCUT2D eigenvalue weighted by atomic mass is 9.65. The van der Waals surface area contributed by atoms with Gasteiger partial charge in [0.25, 0.3) is 0 Å². The molecule has 1 aromatic heterocycles. The monoisotopic (exact) mass is 524 g/mol. The number of anilines is 5. The molecular formula is C34H32N6. The van der Waals surface area contributed by atoms with E-state index in [2.05, 4.69) is 132 Å². The van der Waals surface area contributed by atoms with E-state index in [1.54, 1.807) is 0 Å². The molecule has 4 aliphatic rings. The topological polar surface area (TPSA) is 38.7 Å². The van der Waals surface area contributed by atoms with Gasteiger partial charge in [0.2, 0.25) is 0 Å². The maximum absolute atomic E-state index is 4.96. The van der Waals surface area contributed by atoms with E-state index in [0.717, 1.165) is 30.2 Å². The number of hydrogen-bond donors (Lipinski definition) is 0. The quantitative estimate of drug-likeness (QED) is 0.283. The second-order valence-electron chi connectivity index (χ2n) is 11.1. The summed E-state index contributed by atoms with van der Waals surface area (Å²) >= 11 is 0. The molecule has 0 aliphatic carbocycles. The molecule has 6 heteroatoms. The van der Waals surface area contributed by atoms with Gasteiger partial charge in [-0.05, 0) is 48.2 Å². The minimum absolute atomic E-state index is 0.0116. The Kier molecular flexibility index (Phi) is 4.93. The van der Waals surface area contributed by atoms with Gasteiger partial charge in [-0.1, -0.05) is 68.4 Å². The third-order valence-corrected chi connectivity index (χ3v) is 9.41. The molecule has 0 fully saturated rings. The molecule has 0 spiro atoms. The van der Waals surface area contributed by atoms with Crippen molar-refractivity contribution in [2.45, 2.75) is 44.4 Å². The molecule has 4 aliphatic heterocycles. The van der Waals surface area contributed by atoms with Crippen LogP contribution in [0, 0.1) is 0 Å². The van der Waals surface area contributed by atoms with Gasteiger partial charge in [0, 0.05) is 59.8 Å². The molecule has 0 N–H and O–H groups in total. The highest BCUT2D eigenvalue weighted by atomic mass is 15.5. The van der Waals surface area contributed by atoms with E-state index in [4.69, 9.17) is 9.97 Å². The first-order chi connectivity index (χ1) is 19.7. The van der Waals surface area contributed by atoms with Crippen molar-refractivity contribution in [2.24, 2.45) is 0 Å². The zero-order valence-corrected chi connectivity index (χ0v) is 23.1. The number of para-hydroxylation sites is 3. The average molecular weight is 525 g/mol. The van der Waals surface area contributed by atoms with Crippen LogP contribution in [0.4, 0.5) is 28.7 Å². The van der Waals surface area contributed by atoms with Crippen molar-refractivity contribution in [1.82, 2.24) is 14.9 Å². The van der Waals surface area contributed by atoms with Crippen LogP contribution in [-0.2, 0) is 5.41 Å². The minimum atomic E-state index is -0.162. The van der Waals surface area contributed by atoms with Gasteiger partial charge in [-0.2, -0.15) is 0 Å². The average Bonchev–Trinajstić information content (AvgIpc) is 3.53. The van der Waals surface area contributed by atoms with E-state index in [9.17, 15) is 0 Å². The van der Waals surface area contributed by atoms with Gasteiger partial charge in [-0.15, -0.1) is 0 Å². The van der Waals surface area contributed by atoms with E-state index in [1.807, 2.05) is 12.4 Å². The fourth-order valence-corrected chi connectivity index (χ4v) is 7.70. The Labute approximate surface area is 235 Å². The molecule has 8 rings (SSSR count). The fraction of sp³-hybridized carbons (Fsp3) is 0.235. The molecular weight excluding hydrogens is 492 g/mol. The number of likely N-dealkylation sites (N-methyl/N-ethyl adjacent to an activating group) is 1. The minimum Gasteiger partial charge on any atom is -0.355 e. The summed E-state index contributed by atoms with van der Waals surface area (Å²) in [5.74, 6) is 1.79. The van der Waals surface area contributed by atoms with E-state index >= 15 is 0 Å². The van der Waals surface area contributed by atoms with Gasteiger partial charge in [0.1, 0.15) is 12.3 Å². The SMILES string of the molecule is CCC1(CC)C2=C(C3N(C)C=CN3c3ccccc31)C1N(c3ccccc3)c3nccnc3N1c1ccccc12. The third-order valence-electron chi connectivity index (χ3n) is 9.41. The Morgan fingerprint density at radius 3 is 2.10 bits per heavy atom. The lowest BCUT2D eigenvalue weighted by Crippen LogP contribution is -2.52. The maximum Gasteiger partial charge on any atom is 0.178 e. The van der Waals surface area contributed by atoms with Gasteiger partial charge >= 0.3 is 0 Å². The highest BCUT2D eigenvalue weighted by Gasteiger charge is 2.55. The molecule has 0 bridgehead atoms. The molecule has 40 heavy (non-hydrogen) atoms. The first kappa shape index (κ1) is 23.3. The summed E-state index contributed by atoms with van der Waals surface area (Å²) in [6.07, 6.45) is 10.0. The Morgan fingerprint density at radius 1 is 0.700 bits per heavy atom. The molecule has 3 aromatic carbocycles. The summed E-state index contributed by atoms with van der Waals surface area (Å²) < 4.78 is 0. The second-order valence-corrected chi connectivity index (χ2v) is 11.1. The number of benzene rings is 3. The van der Waals surface area contributed by atoms with E-state index in [-0.39, 0.29) is 17.7 Å². The van der Waals surface area contributed by atoms with Gasteiger partial charge in [-0.3, -0.25) is 9.80 Å². The summed E-state index contributed by atoms with van der Waals surface area (Å²) in [6, 6.07) is 28.7. The molecule has 5 heterocycles. The number of nitrogens with zero attached hydrogens (tertiary/aromatic N) is 6. The predicted molar refractivity (Wildman–Crippen MR) is 162 cm³/mol. The van der Waals surface area contributed by atoms with Crippen molar-refractivity contribution in [2.75, 3.05) is 21.7 Å². The van der Waals surface area contributed by atoms with Crippen molar-refractivity contribution in [3.8, 4) is 0 Å². The predicted octanol–water partition coefficient (Wildman–Crippen LogP) is 7.18. The molecule has 6 nitrogen and oxygen atoms in total. The molecule has 4 aromatic rings. The van der Waals surface area contributed by atoms with Crippen LogP contribution in [-0.4, -0.2) is 34.2 Å². The molecule has 0 amide bonds. The summed E-state index contributed by atoms with van der Waals surface area (Å²) in [6.45, 7) is 4.72. The van der Waals surface area contributed by atoms with E-state index in [0.29, 0.717) is 0 Å². The molecule has 0 saturated heterocycles.